The number of likely N-dealkylation sites (tertiary alicyclic amines) is 1. The number of nitrogens with one attached hydrogen (secondary N) is 1. The molecule has 0 saturated carbocycles. The number of hydrogen-bond donors (Lipinski definition) is 2. The molecule has 2 saturated heterocycles. The van der Waals surface area contributed by atoms with E-state index in [0.717, 1.165) is 6.07 Å². The van der Waals surface area contributed by atoms with Gasteiger partial charge in [-0.25, -0.2) is 13.6 Å². The zero-order valence-electron chi connectivity index (χ0n) is 18.4. The molecule has 2 atom stereocenters. The van der Waals surface area contributed by atoms with E-state index in [-0.39, 0.29) is 23.4 Å². The van der Waals surface area contributed by atoms with Crippen LogP contribution in [0.3, 0.4) is 0 Å². The summed E-state index contributed by atoms with van der Waals surface area (Å²) in [6.45, 7) is 1.52. The van der Waals surface area contributed by atoms with Crippen LogP contribution >= 0.6 is 11.6 Å². The molecule has 1 aromatic heterocycles. The fraction of sp³-hybridized carbons (Fsp3) is 0.455. The Morgan fingerprint density at radius 1 is 1.14 bits per heavy atom. The number of pyridine rings is 1. The minimum Gasteiger partial charge on any atom is -0.371 e. The van der Waals surface area contributed by atoms with Crippen LogP contribution in [-0.2, 0) is 27.8 Å². The number of benzene rings is 1. The normalized spacial score (nSPS) is 20.4. The third-order valence-corrected chi connectivity index (χ3v) is 7.13. The summed E-state index contributed by atoms with van der Waals surface area (Å²) in [4.78, 5) is 20.5. The molecule has 0 spiro atoms. The Morgan fingerprint density at radius 3 is 2.46 bits per heavy atom. The van der Waals surface area contributed by atoms with Gasteiger partial charge in [0.05, 0.1) is 17.0 Å². The average Bonchev–Trinajstić information content (AvgIpc) is 3.14. The van der Waals surface area contributed by atoms with Crippen LogP contribution < -0.4 is 10.2 Å². The van der Waals surface area contributed by atoms with Crippen LogP contribution in [0.15, 0.2) is 30.3 Å². The van der Waals surface area contributed by atoms with Crippen molar-refractivity contribution in [2.45, 2.75) is 43.3 Å². The number of nitrogens with zero attached hydrogens (tertiary/aromatic N) is 3. The smallest absolute Gasteiger partial charge is 0.371 e. The molecule has 0 bridgehead atoms. The van der Waals surface area contributed by atoms with Crippen molar-refractivity contribution in [1.29, 1.82) is 0 Å². The van der Waals surface area contributed by atoms with Gasteiger partial charge in [-0.2, -0.15) is 13.2 Å². The molecule has 2 aliphatic heterocycles. The van der Waals surface area contributed by atoms with Crippen molar-refractivity contribution in [3.63, 3.8) is 0 Å². The summed E-state index contributed by atoms with van der Waals surface area (Å²) in [7, 11) is 0. The molecule has 1 amide bonds. The van der Waals surface area contributed by atoms with Crippen molar-refractivity contribution in [2.24, 2.45) is 0 Å². The molecule has 2 aliphatic rings. The number of amides is 1. The van der Waals surface area contributed by atoms with Crippen LogP contribution in [0.25, 0.3) is 0 Å². The van der Waals surface area contributed by atoms with Crippen LogP contribution in [0.1, 0.15) is 30.4 Å². The van der Waals surface area contributed by atoms with E-state index in [1.165, 1.54) is 24.3 Å². The van der Waals surface area contributed by atoms with Gasteiger partial charge in [0.25, 0.3) is 0 Å². The highest BCUT2D eigenvalue weighted by molar-refractivity contribution is 7.78. The summed E-state index contributed by atoms with van der Waals surface area (Å²) in [5, 5.41) is 2.34. The third kappa shape index (κ3) is 5.87. The molecular weight excluding hydrogens is 512 g/mol. The summed E-state index contributed by atoms with van der Waals surface area (Å²) in [6, 6.07) is 5.76. The number of carbonyl (C=O) groups excluding carboxylic acids is 1. The molecule has 35 heavy (non-hydrogen) atoms. The van der Waals surface area contributed by atoms with Gasteiger partial charge in [-0.15, -0.1) is 0 Å². The molecule has 0 aliphatic carbocycles. The first-order valence-corrected chi connectivity index (χ1v) is 12.6. The lowest BCUT2D eigenvalue weighted by molar-refractivity contribution is -0.137. The van der Waals surface area contributed by atoms with Gasteiger partial charge in [0.2, 0.25) is 5.91 Å². The van der Waals surface area contributed by atoms with Crippen LogP contribution in [0.2, 0.25) is 5.15 Å². The lowest BCUT2D eigenvalue weighted by Crippen LogP contribution is -2.47. The van der Waals surface area contributed by atoms with Crippen LogP contribution in [-0.4, -0.2) is 56.3 Å². The lowest BCUT2D eigenvalue weighted by atomic mass is 10.0. The minimum absolute atomic E-state index is 0.0396. The monoisotopic (exact) mass is 534 g/mol. The first kappa shape index (κ1) is 25.6. The molecule has 7 nitrogen and oxygen atoms in total. The molecule has 3 heterocycles. The summed E-state index contributed by atoms with van der Waals surface area (Å²) in [6.07, 6.45) is -2.85. The second kappa shape index (κ2) is 10.3. The van der Waals surface area contributed by atoms with Crippen molar-refractivity contribution >= 4 is 40.1 Å². The van der Waals surface area contributed by atoms with E-state index < -0.39 is 39.8 Å². The zero-order chi connectivity index (χ0) is 25.3. The minimum atomic E-state index is -4.57. The van der Waals surface area contributed by atoms with Gasteiger partial charge in [0, 0.05) is 25.7 Å². The molecule has 2 aromatic rings. The average molecular weight is 535 g/mol. The molecule has 1 aromatic carbocycles. The predicted molar refractivity (Wildman–Crippen MR) is 124 cm³/mol. The Bertz CT molecular complexity index is 1130. The lowest BCUT2D eigenvalue weighted by Gasteiger charge is -2.37. The van der Waals surface area contributed by atoms with Crippen LogP contribution in [0.4, 0.5) is 29.1 Å². The highest BCUT2D eigenvalue weighted by atomic mass is 35.5. The fourth-order valence-corrected chi connectivity index (χ4v) is 5.23. The number of hydrogen-bond acceptors (Lipinski definition) is 5. The number of aromatic nitrogens is 1. The van der Waals surface area contributed by atoms with E-state index in [0.29, 0.717) is 50.3 Å². The van der Waals surface area contributed by atoms with Gasteiger partial charge in [0.15, 0.2) is 11.1 Å². The van der Waals surface area contributed by atoms with Gasteiger partial charge in [-0.05, 0) is 49.1 Å². The number of alkyl halides is 3. The molecule has 2 fully saturated rings. The van der Waals surface area contributed by atoms with E-state index in [4.69, 9.17) is 16.2 Å². The Labute approximate surface area is 206 Å². The van der Waals surface area contributed by atoms with Crippen LogP contribution in [0.5, 0.6) is 0 Å². The largest absolute Gasteiger partial charge is 0.419 e. The second-order valence-electron chi connectivity index (χ2n) is 8.52. The molecule has 1 unspecified atom stereocenters. The highest BCUT2D eigenvalue weighted by Crippen LogP contribution is 2.35. The van der Waals surface area contributed by atoms with E-state index in [1.807, 2.05) is 4.90 Å². The molecule has 190 valence electrons. The maximum Gasteiger partial charge on any atom is 0.419 e. The summed E-state index contributed by atoms with van der Waals surface area (Å²) in [5.74, 6) is -0.563. The van der Waals surface area contributed by atoms with Crippen molar-refractivity contribution in [1.82, 2.24) is 9.88 Å². The Kier molecular flexibility index (Phi) is 7.53. The number of piperidine rings is 1. The molecule has 0 radical (unpaired) electrons. The Morgan fingerprint density at radius 2 is 1.86 bits per heavy atom. The standard InChI is InChI=1S/C22H23ClF4N4O3S/c23-20-15(22(25,26)27)2-4-19(29-20)30-8-5-14(6-9-30)31-10-7-18(21(31)32)28-17-3-1-13(11-16(17)24)12-35(33)34/h1-4,11,14,18,28H,5-10,12H2,(H,33,34)/t18-/m0/s1. The van der Waals surface area contributed by atoms with E-state index >= 15 is 0 Å². The molecule has 4 rings (SSSR count). The number of carbonyl (C=O) groups is 1. The second-order valence-corrected chi connectivity index (χ2v) is 9.81. The van der Waals surface area contributed by atoms with Crippen molar-refractivity contribution in [3.8, 4) is 0 Å². The van der Waals surface area contributed by atoms with Gasteiger partial charge in [-0.1, -0.05) is 17.7 Å². The van der Waals surface area contributed by atoms with E-state index in [9.17, 15) is 26.6 Å². The van der Waals surface area contributed by atoms with Crippen molar-refractivity contribution < 1.29 is 31.1 Å². The first-order valence-electron chi connectivity index (χ1n) is 10.9. The van der Waals surface area contributed by atoms with Gasteiger partial charge in [-0.3, -0.25) is 4.79 Å². The summed E-state index contributed by atoms with van der Waals surface area (Å²) >= 11 is 3.66. The molecule has 13 heteroatoms. The van der Waals surface area contributed by atoms with Gasteiger partial charge < -0.3 is 19.7 Å². The topological polar surface area (TPSA) is 85.8 Å². The van der Waals surface area contributed by atoms with E-state index in [2.05, 4.69) is 10.3 Å². The summed E-state index contributed by atoms with van der Waals surface area (Å²) in [5.41, 5.74) is -0.449. The van der Waals surface area contributed by atoms with Crippen molar-refractivity contribution in [2.75, 3.05) is 29.9 Å². The van der Waals surface area contributed by atoms with Crippen LogP contribution in [0, 0.1) is 5.82 Å². The van der Waals surface area contributed by atoms with Gasteiger partial charge >= 0.3 is 6.18 Å². The predicted octanol–water partition coefficient (Wildman–Crippen LogP) is 4.30. The SMILES string of the molecule is O=C1[C@@H](Nc2ccc(CS(=O)O)cc2F)CCN1C1CCN(c2ccc(C(F)(F)F)c(Cl)n2)CC1. The maximum absolute atomic E-state index is 14.4. The fourth-order valence-electron chi connectivity index (χ4n) is 4.51. The quantitative estimate of drug-likeness (QED) is 0.327. The van der Waals surface area contributed by atoms with Gasteiger partial charge in [0.1, 0.15) is 22.8 Å². The first-order chi connectivity index (χ1) is 16.5. The molecular formula is C22H23ClF4N4O3S. The zero-order valence-corrected chi connectivity index (χ0v) is 20.0. The molecule has 2 N–H and O–H groups in total. The van der Waals surface area contributed by atoms with Crippen molar-refractivity contribution in [3.05, 3.63) is 52.4 Å². The highest BCUT2D eigenvalue weighted by Gasteiger charge is 2.38. The summed E-state index contributed by atoms with van der Waals surface area (Å²) < 4.78 is 73.0. The number of rotatable bonds is 6. The number of anilines is 2. The third-order valence-electron chi connectivity index (χ3n) is 6.26. The number of halogens is 5. The van der Waals surface area contributed by atoms with E-state index in [1.54, 1.807) is 4.90 Å². The Hall–Kier alpha value is -2.44. The maximum atomic E-state index is 14.4. The Balaban J connectivity index is 1.34.